The van der Waals surface area contributed by atoms with E-state index < -0.39 is 11.9 Å². The summed E-state index contributed by atoms with van der Waals surface area (Å²) in [6.45, 7) is 5.74. The van der Waals surface area contributed by atoms with Gasteiger partial charge in [0.2, 0.25) is 11.8 Å². The van der Waals surface area contributed by atoms with Gasteiger partial charge in [-0.3, -0.25) is 9.59 Å². The normalized spacial score (nSPS) is 16.1. The third-order valence-corrected chi connectivity index (χ3v) is 5.49. The van der Waals surface area contributed by atoms with Crippen molar-refractivity contribution in [1.82, 2.24) is 5.32 Å². The monoisotopic (exact) mass is 408 g/mol. The van der Waals surface area contributed by atoms with E-state index in [1.807, 2.05) is 62.4 Å². The maximum Gasteiger partial charge on any atom is 0.248 e. The lowest BCUT2D eigenvalue weighted by Gasteiger charge is -2.25. The molecule has 150 valence electrons. The Labute approximate surface area is 174 Å². The number of aliphatic imine (C=N–C) groups is 1. The van der Waals surface area contributed by atoms with Gasteiger partial charge in [-0.2, -0.15) is 0 Å². The summed E-state index contributed by atoms with van der Waals surface area (Å²) in [5.74, 6) is -0.434. The van der Waals surface area contributed by atoms with E-state index in [9.17, 15) is 9.59 Å². The molecule has 0 aliphatic carbocycles. The quantitative estimate of drug-likeness (QED) is 0.706. The van der Waals surface area contributed by atoms with Crippen molar-refractivity contribution >= 4 is 34.4 Å². The molecular formula is C22H24N4O2S. The summed E-state index contributed by atoms with van der Waals surface area (Å²) in [6.07, 6.45) is 0. The number of aryl methyl sites for hydroxylation is 2. The van der Waals surface area contributed by atoms with Crippen LogP contribution in [0.2, 0.25) is 0 Å². The van der Waals surface area contributed by atoms with E-state index in [0.717, 1.165) is 22.4 Å². The van der Waals surface area contributed by atoms with Crippen molar-refractivity contribution in [3.63, 3.8) is 0 Å². The summed E-state index contributed by atoms with van der Waals surface area (Å²) >= 11 is 1.29. The second-order valence-electron chi connectivity index (χ2n) is 6.93. The molecule has 0 saturated heterocycles. The molecule has 1 aliphatic heterocycles. The van der Waals surface area contributed by atoms with E-state index in [4.69, 9.17) is 5.73 Å². The largest absolute Gasteiger partial charge is 0.366 e. The second-order valence-corrected chi connectivity index (χ2v) is 7.89. The number of nitrogens with zero attached hydrogens (tertiary/aromatic N) is 1. The highest BCUT2D eigenvalue weighted by Crippen LogP contribution is 2.31. The van der Waals surface area contributed by atoms with Gasteiger partial charge in [0.1, 0.15) is 6.04 Å². The van der Waals surface area contributed by atoms with Crippen molar-refractivity contribution in [2.24, 2.45) is 10.7 Å². The highest BCUT2D eigenvalue weighted by atomic mass is 32.2. The predicted octanol–water partition coefficient (Wildman–Crippen LogP) is 3.43. The number of amidine groups is 1. The van der Waals surface area contributed by atoms with E-state index in [1.54, 1.807) is 6.92 Å². The first-order chi connectivity index (χ1) is 13.8. The molecule has 3 rings (SSSR count). The lowest BCUT2D eigenvalue weighted by molar-refractivity contribution is -0.115. The number of amides is 2. The van der Waals surface area contributed by atoms with Gasteiger partial charge in [0.25, 0.3) is 0 Å². The van der Waals surface area contributed by atoms with Crippen LogP contribution in [0.3, 0.4) is 0 Å². The Balaban J connectivity index is 1.73. The fraction of sp³-hybridized carbons (Fsp3) is 0.227. The van der Waals surface area contributed by atoms with Crippen LogP contribution in [0.5, 0.6) is 0 Å². The predicted molar refractivity (Wildman–Crippen MR) is 119 cm³/mol. The number of nitrogens with one attached hydrogen (secondary N) is 2. The van der Waals surface area contributed by atoms with E-state index in [2.05, 4.69) is 15.6 Å². The zero-order valence-electron chi connectivity index (χ0n) is 16.7. The van der Waals surface area contributed by atoms with E-state index >= 15 is 0 Å². The van der Waals surface area contributed by atoms with Crippen LogP contribution >= 0.6 is 11.8 Å². The molecule has 0 bridgehead atoms. The van der Waals surface area contributed by atoms with Gasteiger partial charge in [0, 0.05) is 11.4 Å². The summed E-state index contributed by atoms with van der Waals surface area (Å²) < 4.78 is 0. The minimum Gasteiger partial charge on any atom is -0.366 e. The SMILES string of the molecule is CC1=C(C(N)=O)[C@H](c2ccccc2)N=C(SCC(=O)Nc2cc(C)ccc2C)N1. The average molecular weight is 409 g/mol. The van der Waals surface area contributed by atoms with Crippen LogP contribution in [0.15, 0.2) is 64.8 Å². The van der Waals surface area contributed by atoms with Crippen molar-refractivity contribution in [3.05, 3.63) is 76.5 Å². The lowest BCUT2D eigenvalue weighted by atomic mass is 9.96. The number of hydrogen-bond acceptors (Lipinski definition) is 5. The highest BCUT2D eigenvalue weighted by molar-refractivity contribution is 8.14. The molecule has 29 heavy (non-hydrogen) atoms. The average Bonchev–Trinajstić information content (AvgIpc) is 2.69. The number of carbonyl (C=O) groups excluding carboxylic acids is 2. The summed E-state index contributed by atoms with van der Waals surface area (Å²) in [6, 6.07) is 15.0. The van der Waals surface area contributed by atoms with Crippen LogP contribution in [-0.2, 0) is 9.59 Å². The van der Waals surface area contributed by atoms with Crippen molar-refractivity contribution in [2.75, 3.05) is 11.1 Å². The highest BCUT2D eigenvalue weighted by Gasteiger charge is 2.28. The topological polar surface area (TPSA) is 96.6 Å². The number of benzene rings is 2. The van der Waals surface area contributed by atoms with Gasteiger partial charge in [-0.05, 0) is 43.5 Å². The smallest absolute Gasteiger partial charge is 0.248 e. The molecule has 0 fully saturated rings. The maximum absolute atomic E-state index is 12.4. The van der Waals surface area contributed by atoms with Gasteiger partial charge < -0.3 is 16.4 Å². The van der Waals surface area contributed by atoms with Gasteiger partial charge >= 0.3 is 0 Å². The molecule has 7 heteroatoms. The van der Waals surface area contributed by atoms with Gasteiger partial charge in [0.15, 0.2) is 5.17 Å². The van der Waals surface area contributed by atoms with Crippen LogP contribution in [0.25, 0.3) is 0 Å². The van der Waals surface area contributed by atoms with Crippen LogP contribution in [0, 0.1) is 13.8 Å². The van der Waals surface area contributed by atoms with Gasteiger partial charge in [-0.25, -0.2) is 4.99 Å². The Kier molecular flexibility index (Phi) is 6.39. The van der Waals surface area contributed by atoms with Crippen LogP contribution in [-0.4, -0.2) is 22.7 Å². The zero-order chi connectivity index (χ0) is 21.0. The summed E-state index contributed by atoms with van der Waals surface area (Å²) in [7, 11) is 0. The zero-order valence-corrected chi connectivity index (χ0v) is 17.5. The Morgan fingerprint density at radius 3 is 2.55 bits per heavy atom. The molecule has 1 atom stereocenters. The standard InChI is InChI=1S/C22H24N4O2S/c1-13-9-10-14(2)17(11-13)25-18(27)12-29-22-24-15(3)19(21(23)28)20(26-22)16-7-5-4-6-8-16/h4-11,20H,12H2,1-3H3,(H2,23,28)(H,24,26)(H,25,27)/t20-/m0/s1. The van der Waals surface area contributed by atoms with Crippen LogP contribution in [0.1, 0.15) is 29.7 Å². The molecule has 6 nitrogen and oxygen atoms in total. The molecule has 0 spiro atoms. The first-order valence-electron chi connectivity index (χ1n) is 9.25. The van der Waals surface area contributed by atoms with Crippen molar-refractivity contribution in [3.8, 4) is 0 Å². The molecule has 0 unspecified atom stereocenters. The number of thioether (sulfide) groups is 1. The molecule has 2 aromatic carbocycles. The van der Waals surface area contributed by atoms with E-state index in [0.29, 0.717) is 16.4 Å². The Bertz CT molecular complexity index is 999. The number of rotatable bonds is 5. The summed E-state index contributed by atoms with van der Waals surface area (Å²) in [4.78, 5) is 29.0. The molecule has 0 radical (unpaired) electrons. The lowest BCUT2D eigenvalue weighted by Crippen LogP contribution is -2.33. The van der Waals surface area contributed by atoms with Crippen LogP contribution < -0.4 is 16.4 Å². The Morgan fingerprint density at radius 2 is 1.86 bits per heavy atom. The Hall–Kier alpha value is -3.06. The number of primary amides is 1. The van der Waals surface area contributed by atoms with Crippen molar-refractivity contribution < 1.29 is 9.59 Å². The molecular weight excluding hydrogens is 384 g/mol. The number of anilines is 1. The molecule has 1 aliphatic rings. The third-order valence-electron chi connectivity index (χ3n) is 4.61. The summed E-state index contributed by atoms with van der Waals surface area (Å²) in [5.41, 5.74) is 10.5. The second kappa shape index (κ2) is 8.96. The number of hydrogen-bond donors (Lipinski definition) is 3. The first kappa shape index (κ1) is 20.7. The van der Waals surface area contributed by atoms with Gasteiger partial charge in [-0.15, -0.1) is 0 Å². The first-order valence-corrected chi connectivity index (χ1v) is 10.2. The van der Waals surface area contributed by atoms with Crippen LogP contribution in [0.4, 0.5) is 5.69 Å². The van der Waals surface area contributed by atoms with E-state index in [1.165, 1.54) is 11.8 Å². The minimum absolute atomic E-state index is 0.119. The number of allylic oxidation sites excluding steroid dienone is 1. The van der Waals surface area contributed by atoms with Crippen molar-refractivity contribution in [2.45, 2.75) is 26.8 Å². The molecule has 0 aromatic heterocycles. The number of nitrogens with two attached hydrogens (primary N) is 1. The summed E-state index contributed by atoms with van der Waals surface area (Å²) in [5, 5.41) is 6.62. The van der Waals surface area contributed by atoms with E-state index in [-0.39, 0.29) is 11.7 Å². The fourth-order valence-electron chi connectivity index (χ4n) is 3.11. The molecule has 0 saturated carbocycles. The molecule has 4 N–H and O–H groups in total. The Morgan fingerprint density at radius 1 is 1.14 bits per heavy atom. The number of carbonyl (C=O) groups is 2. The third kappa shape index (κ3) is 5.06. The van der Waals surface area contributed by atoms with Gasteiger partial charge in [-0.1, -0.05) is 54.2 Å². The van der Waals surface area contributed by atoms with Gasteiger partial charge in [0.05, 0.1) is 11.3 Å². The van der Waals surface area contributed by atoms with Crippen molar-refractivity contribution in [1.29, 1.82) is 0 Å². The minimum atomic E-state index is -0.510. The molecule has 1 heterocycles. The molecule has 2 aromatic rings. The maximum atomic E-state index is 12.4. The molecule has 2 amide bonds. The fourth-order valence-corrected chi connectivity index (χ4v) is 3.85.